The number of aliphatic hydroxyl groups excluding tert-OH is 2. The third-order valence-electron chi connectivity index (χ3n) is 5.38. The van der Waals surface area contributed by atoms with E-state index in [1.807, 2.05) is 84.9 Å². The average molecular weight is 437 g/mol. The fraction of sp³-hybridized carbons (Fsp3) is 0.269. The standard InChI is InChI=1S/C26H28O6/c1-30-22-15-13-21(14-16-22)26(19-9-5-3-6-10-19,20-11-7-4-8-12-20)32-18-24(28)23(27)17-25(29)31-2/h3-16,23-24,27-28H,17-18H2,1-2H3/t23-,24+/m0/s1. The van der Waals surface area contributed by atoms with Crippen molar-refractivity contribution in [3.8, 4) is 5.75 Å². The van der Waals surface area contributed by atoms with Crippen molar-refractivity contribution in [3.05, 3.63) is 102 Å². The second-order valence-electron chi connectivity index (χ2n) is 7.37. The van der Waals surface area contributed by atoms with E-state index < -0.39 is 23.8 Å². The molecule has 3 aromatic carbocycles. The summed E-state index contributed by atoms with van der Waals surface area (Å²) in [4.78, 5) is 11.5. The molecule has 2 N–H and O–H groups in total. The number of carbonyl (C=O) groups is 1. The van der Waals surface area contributed by atoms with Gasteiger partial charge in [-0.3, -0.25) is 4.79 Å². The van der Waals surface area contributed by atoms with E-state index in [1.165, 1.54) is 7.11 Å². The van der Waals surface area contributed by atoms with Crippen LogP contribution >= 0.6 is 0 Å². The highest BCUT2D eigenvalue weighted by molar-refractivity contribution is 5.69. The van der Waals surface area contributed by atoms with E-state index in [0.29, 0.717) is 5.75 Å². The van der Waals surface area contributed by atoms with Crippen molar-refractivity contribution in [2.75, 3.05) is 20.8 Å². The highest BCUT2D eigenvalue weighted by Crippen LogP contribution is 2.41. The fourth-order valence-electron chi connectivity index (χ4n) is 3.63. The van der Waals surface area contributed by atoms with Crippen molar-refractivity contribution in [3.63, 3.8) is 0 Å². The van der Waals surface area contributed by atoms with Crippen LogP contribution in [0.5, 0.6) is 5.75 Å². The van der Waals surface area contributed by atoms with E-state index in [9.17, 15) is 15.0 Å². The van der Waals surface area contributed by atoms with E-state index in [0.717, 1.165) is 16.7 Å². The molecular formula is C26H28O6. The van der Waals surface area contributed by atoms with Crippen molar-refractivity contribution in [1.82, 2.24) is 0 Å². The third-order valence-corrected chi connectivity index (χ3v) is 5.38. The van der Waals surface area contributed by atoms with Gasteiger partial charge in [-0.25, -0.2) is 0 Å². The maximum atomic E-state index is 11.5. The maximum absolute atomic E-state index is 11.5. The Morgan fingerprint density at radius 3 is 1.75 bits per heavy atom. The minimum Gasteiger partial charge on any atom is -0.497 e. The lowest BCUT2D eigenvalue weighted by Gasteiger charge is -2.37. The van der Waals surface area contributed by atoms with Crippen LogP contribution in [-0.4, -0.2) is 49.2 Å². The van der Waals surface area contributed by atoms with Gasteiger partial charge >= 0.3 is 5.97 Å². The number of carbonyl (C=O) groups excluding carboxylic acids is 1. The zero-order valence-corrected chi connectivity index (χ0v) is 18.2. The van der Waals surface area contributed by atoms with Crippen LogP contribution in [0.15, 0.2) is 84.9 Å². The van der Waals surface area contributed by atoms with Gasteiger partial charge in [-0.05, 0) is 28.8 Å². The van der Waals surface area contributed by atoms with Crippen molar-refractivity contribution < 1.29 is 29.2 Å². The molecule has 168 valence electrons. The lowest BCUT2D eigenvalue weighted by molar-refractivity contribution is -0.146. The predicted octanol–water partition coefficient (Wildman–Crippen LogP) is 3.29. The zero-order chi connectivity index (χ0) is 23.0. The predicted molar refractivity (Wildman–Crippen MR) is 120 cm³/mol. The van der Waals surface area contributed by atoms with Gasteiger partial charge in [-0.1, -0.05) is 72.8 Å². The lowest BCUT2D eigenvalue weighted by atomic mass is 9.80. The Morgan fingerprint density at radius 1 is 0.781 bits per heavy atom. The molecule has 0 aromatic heterocycles. The molecule has 0 fully saturated rings. The van der Waals surface area contributed by atoms with Gasteiger partial charge in [0.2, 0.25) is 0 Å². The molecular weight excluding hydrogens is 408 g/mol. The summed E-state index contributed by atoms with van der Waals surface area (Å²) in [6, 6.07) is 26.8. The van der Waals surface area contributed by atoms with Crippen LogP contribution in [0.3, 0.4) is 0 Å². The van der Waals surface area contributed by atoms with Gasteiger partial charge in [0.1, 0.15) is 17.5 Å². The fourth-order valence-corrected chi connectivity index (χ4v) is 3.63. The van der Waals surface area contributed by atoms with E-state index in [2.05, 4.69) is 4.74 Å². The lowest BCUT2D eigenvalue weighted by Crippen LogP contribution is -2.39. The molecule has 6 nitrogen and oxygen atoms in total. The molecule has 3 aromatic rings. The van der Waals surface area contributed by atoms with Crippen LogP contribution in [0.1, 0.15) is 23.1 Å². The number of benzene rings is 3. The number of ether oxygens (including phenoxy) is 3. The molecule has 2 atom stereocenters. The number of methoxy groups -OCH3 is 2. The van der Waals surface area contributed by atoms with Crippen molar-refractivity contribution in [1.29, 1.82) is 0 Å². The monoisotopic (exact) mass is 436 g/mol. The minimum atomic E-state index is -1.32. The van der Waals surface area contributed by atoms with E-state index >= 15 is 0 Å². The third kappa shape index (κ3) is 5.16. The second-order valence-corrected chi connectivity index (χ2v) is 7.37. The Kier molecular flexibility index (Phi) is 8.00. The van der Waals surface area contributed by atoms with Crippen LogP contribution in [0, 0.1) is 0 Å². The molecule has 0 unspecified atom stereocenters. The number of aliphatic hydroxyl groups is 2. The topological polar surface area (TPSA) is 85.2 Å². The highest BCUT2D eigenvalue weighted by atomic mass is 16.5. The molecule has 3 rings (SSSR count). The van der Waals surface area contributed by atoms with Crippen LogP contribution in [0.2, 0.25) is 0 Å². The van der Waals surface area contributed by atoms with Gasteiger partial charge in [0.15, 0.2) is 0 Å². The Hall–Kier alpha value is -3.19. The molecule has 0 aliphatic heterocycles. The summed E-state index contributed by atoms with van der Waals surface area (Å²) < 4.78 is 16.4. The quantitative estimate of drug-likeness (QED) is 0.375. The summed E-state index contributed by atoms with van der Waals surface area (Å²) in [5, 5.41) is 20.8. The smallest absolute Gasteiger partial charge is 0.308 e. The zero-order valence-electron chi connectivity index (χ0n) is 18.2. The first-order valence-electron chi connectivity index (χ1n) is 10.3. The molecule has 0 radical (unpaired) electrons. The highest BCUT2D eigenvalue weighted by Gasteiger charge is 2.38. The Bertz CT molecular complexity index is 933. The molecule has 0 bridgehead atoms. The van der Waals surface area contributed by atoms with Crippen molar-refractivity contribution in [2.24, 2.45) is 0 Å². The molecule has 0 aliphatic rings. The Balaban J connectivity index is 2.06. The first kappa shape index (κ1) is 23.5. The molecule has 0 saturated heterocycles. The molecule has 0 heterocycles. The SMILES string of the molecule is COC(=O)C[C@H](O)[C@H](O)COC(c1ccccc1)(c1ccccc1)c1ccc(OC)cc1. The first-order chi connectivity index (χ1) is 15.5. The summed E-state index contributed by atoms with van der Waals surface area (Å²) in [5.74, 6) is 0.0985. The van der Waals surface area contributed by atoms with Crippen LogP contribution < -0.4 is 4.74 Å². The summed E-state index contributed by atoms with van der Waals surface area (Å²) in [7, 11) is 2.84. The first-order valence-corrected chi connectivity index (χ1v) is 10.3. The van der Waals surface area contributed by atoms with Gasteiger partial charge in [-0.2, -0.15) is 0 Å². The van der Waals surface area contributed by atoms with E-state index in [1.54, 1.807) is 7.11 Å². The summed E-state index contributed by atoms with van der Waals surface area (Å²) in [6.45, 7) is -0.214. The van der Waals surface area contributed by atoms with Gasteiger partial charge in [-0.15, -0.1) is 0 Å². The van der Waals surface area contributed by atoms with Crippen molar-refractivity contribution in [2.45, 2.75) is 24.2 Å². The van der Waals surface area contributed by atoms with Gasteiger partial charge in [0.05, 0.1) is 33.4 Å². The van der Waals surface area contributed by atoms with Crippen LogP contribution in [-0.2, 0) is 19.9 Å². The van der Waals surface area contributed by atoms with E-state index in [4.69, 9.17) is 9.47 Å². The van der Waals surface area contributed by atoms with Crippen molar-refractivity contribution >= 4 is 5.97 Å². The summed E-state index contributed by atoms with van der Waals surface area (Å²) in [5.41, 5.74) is 1.46. The molecule has 32 heavy (non-hydrogen) atoms. The molecule has 0 spiro atoms. The number of hydrogen-bond donors (Lipinski definition) is 2. The molecule has 0 saturated carbocycles. The summed E-state index contributed by atoms with van der Waals surface area (Å²) >= 11 is 0. The molecule has 0 amide bonds. The largest absolute Gasteiger partial charge is 0.497 e. The number of esters is 1. The second kappa shape index (κ2) is 10.9. The van der Waals surface area contributed by atoms with E-state index in [-0.39, 0.29) is 13.0 Å². The van der Waals surface area contributed by atoms with Gasteiger partial charge in [0.25, 0.3) is 0 Å². The maximum Gasteiger partial charge on any atom is 0.308 e. The molecule has 0 aliphatic carbocycles. The molecule has 6 heteroatoms. The average Bonchev–Trinajstić information content (AvgIpc) is 2.85. The Morgan fingerprint density at radius 2 is 1.28 bits per heavy atom. The summed E-state index contributed by atoms with van der Waals surface area (Å²) in [6.07, 6.45) is -2.94. The minimum absolute atomic E-state index is 0.214. The normalized spacial score (nSPS) is 13.2. The van der Waals surface area contributed by atoms with Gasteiger partial charge < -0.3 is 24.4 Å². The number of hydrogen-bond acceptors (Lipinski definition) is 6. The van der Waals surface area contributed by atoms with Gasteiger partial charge in [0, 0.05) is 0 Å². The van der Waals surface area contributed by atoms with Crippen LogP contribution in [0.25, 0.3) is 0 Å². The Labute approximate surface area is 188 Å². The van der Waals surface area contributed by atoms with Crippen LogP contribution in [0.4, 0.5) is 0 Å². The number of rotatable bonds is 10.